The predicted molar refractivity (Wildman–Crippen MR) is 136 cm³/mol. The van der Waals surface area contributed by atoms with E-state index in [0.29, 0.717) is 59.3 Å². The second-order valence-electron chi connectivity index (χ2n) is 8.99. The van der Waals surface area contributed by atoms with Crippen molar-refractivity contribution >= 4 is 43.8 Å². The lowest BCUT2D eigenvalue weighted by molar-refractivity contribution is 0.262. The lowest BCUT2D eigenvalue weighted by atomic mass is 9.96. The SMILES string of the molecule is COc1ccc(CNc2nc(CN3CCN(C)CC3=S(=O)=O)nc3oc4c(c23)CCCC4)cc1Cl. The third-order valence-corrected chi connectivity index (χ3v) is 7.64. The lowest BCUT2D eigenvalue weighted by Crippen LogP contribution is -2.48. The summed E-state index contributed by atoms with van der Waals surface area (Å²) in [7, 11) is 1.20. The molecule has 0 saturated carbocycles. The fraction of sp³-hybridized carbons (Fsp3) is 0.458. The molecule has 3 heterocycles. The highest BCUT2D eigenvalue weighted by molar-refractivity contribution is 7.72. The van der Waals surface area contributed by atoms with Gasteiger partial charge in [0.1, 0.15) is 28.1 Å². The molecule has 0 bridgehead atoms. The molecular weight excluding hydrogens is 490 g/mol. The van der Waals surface area contributed by atoms with Gasteiger partial charge in [0.05, 0.1) is 24.1 Å². The molecule has 1 aliphatic carbocycles. The van der Waals surface area contributed by atoms with Crippen LogP contribution in [0.15, 0.2) is 22.6 Å². The molecule has 1 fully saturated rings. The minimum Gasteiger partial charge on any atom is -0.495 e. The summed E-state index contributed by atoms with van der Waals surface area (Å²) in [6.07, 6.45) is 4.01. The number of ether oxygens (including phenoxy) is 1. The first-order valence-electron chi connectivity index (χ1n) is 11.7. The van der Waals surface area contributed by atoms with Crippen molar-refractivity contribution in [1.82, 2.24) is 19.8 Å². The third-order valence-electron chi connectivity index (χ3n) is 6.57. The van der Waals surface area contributed by atoms with Gasteiger partial charge < -0.3 is 14.5 Å². The highest BCUT2D eigenvalue weighted by Gasteiger charge is 2.26. The van der Waals surface area contributed by atoms with Crippen molar-refractivity contribution in [2.45, 2.75) is 38.8 Å². The van der Waals surface area contributed by atoms with Gasteiger partial charge in [-0.2, -0.15) is 13.4 Å². The number of hydrogen-bond donors (Lipinski definition) is 1. The number of hydrogen-bond acceptors (Lipinski definition) is 8. The van der Waals surface area contributed by atoms with Crippen LogP contribution in [0.5, 0.6) is 5.75 Å². The van der Waals surface area contributed by atoms with Gasteiger partial charge in [-0.15, -0.1) is 0 Å². The third kappa shape index (κ3) is 5.02. The van der Waals surface area contributed by atoms with Gasteiger partial charge in [-0.25, -0.2) is 4.98 Å². The fourth-order valence-corrected chi connectivity index (χ4v) is 5.70. The molecule has 2 aromatic heterocycles. The number of fused-ring (bicyclic) bond motifs is 3. The summed E-state index contributed by atoms with van der Waals surface area (Å²) in [6.45, 7) is 2.52. The van der Waals surface area contributed by atoms with Crippen LogP contribution >= 0.6 is 11.6 Å². The normalized spacial score (nSPS) is 16.9. The predicted octanol–water partition coefficient (Wildman–Crippen LogP) is 3.13. The van der Waals surface area contributed by atoms with Crippen LogP contribution in [0.3, 0.4) is 0 Å². The standard InChI is InChI=1S/C24H28ClN5O4S/c1-29-9-10-30(21(14-29)35(31)32)13-20-27-23(26-12-15-7-8-19(33-2)17(25)11-15)22-16-5-3-4-6-18(16)34-24(22)28-20/h7-8,11H,3-6,9-10,12-14H2,1-2H3,(H,26,27,28). The van der Waals surface area contributed by atoms with Crippen molar-refractivity contribution in [3.8, 4) is 5.75 Å². The van der Waals surface area contributed by atoms with Gasteiger partial charge in [0.25, 0.3) is 0 Å². The Hall–Kier alpha value is -2.66. The van der Waals surface area contributed by atoms with Gasteiger partial charge in [0.15, 0.2) is 0 Å². The van der Waals surface area contributed by atoms with E-state index in [9.17, 15) is 8.42 Å². The Morgan fingerprint density at radius 3 is 2.80 bits per heavy atom. The van der Waals surface area contributed by atoms with Crippen molar-refractivity contribution < 1.29 is 17.6 Å². The number of nitrogens with one attached hydrogen (secondary N) is 1. The first-order valence-corrected chi connectivity index (χ1v) is 13.1. The average Bonchev–Trinajstić information content (AvgIpc) is 3.22. The van der Waals surface area contributed by atoms with E-state index in [2.05, 4.69) is 5.32 Å². The number of nitrogens with zero attached hydrogens (tertiary/aromatic N) is 4. The molecule has 5 rings (SSSR count). The van der Waals surface area contributed by atoms with E-state index < -0.39 is 10.3 Å². The maximum Gasteiger partial charge on any atom is 0.232 e. The number of aryl methyl sites for hydroxylation is 2. The molecule has 0 spiro atoms. The molecule has 9 nitrogen and oxygen atoms in total. The highest BCUT2D eigenvalue weighted by atomic mass is 35.5. The maximum atomic E-state index is 11.8. The molecule has 0 atom stereocenters. The molecule has 1 aromatic carbocycles. The summed E-state index contributed by atoms with van der Waals surface area (Å²) >= 11 is 6.31. The summed E-state index contributed by atoms with van der Waals surface area (Å²) in [6, 6.07) is 5.66. The zero-order valence-electron chi connectivity index (χ0n) is 19.8. The zero-order chi connectivity index (χ0) is 24.5. The Kier molecular flexibility index (Phi) is 6.97. The molecule has 1 N–H and O–H groups in total. The average molecular weight is 518 g/mol. The van der Waals surface area contributed by atoms with E-state index >= 15 is 0 Å². The first kappa shape index (κ1) is 24.1. The summed E-state index contributed by atoms with van der Waals surface area (Å²) in [4.78, 5) is 13.7. The van der Waals surface area contributed by atoms with Crippen LogP contribution in [-0.4, -0.2) is 67.0 Å². The summed E-state index contributed by atoms with van der Waals surface area (Å²) in [5.74, 6) is 2.82. The number of anilines is 1. The minimum absolute atomic E-state index is 0.293. The molecule has 0 amide bonds. The van der Waals surface area contributed by atoms with Crippen LogP contribution in [0.1, 0.15) is 35.6 Å². The van der Waals surface area contributed by atoms with E-state index in [-0.39, 0.29) is 0 Å². The molecule has 35 heavy (non-hydrogen) atoms. The van der Waals surface area contributed by atoms with Crippen molar-refractivity contribution in [2.75, 3.05) is 39.1 Å². The summed E-state index contributed by atoms with van der Waals surface area (Å²) in [5.41, 5.74) is 2.70. The molecule has 0 radical (unpaired) electrons. The van der Waals surface area contributed by atoms with Gasteiger partial charge in [0.2, 0.25) is 16.0 Å². The number of likely N-dealkylation sites (N-methyl/N-ethyl adjacent to an activating group) is 1. The Balaban J connectivity index is 1.49. The van der Waals surface area contributed by atoms with Crippen LogP contribution in [0.4, 0.5) is 5.82 Å². The van der Waals surface area contributed by atoms with Crippen molar-refractivity contribution in [1.29, 1.82) is 0 Å². The van der Waals surface area contributed by atoms with Gasteiger partial charge in [0, 0.05) is 38.2 Å². The maximum absolute atomic E-state index is 11.8. The van der Waals surface area contributed by atoms with Crippen LogP contribution < -0.4 is 10.1 Å². The molecule has 0 unspecified atom stereocenters. The quantitative estimate of drug-likeness (QED) is 0.494. The van der Waals surface area contributed by atoms with E-state index in [0.717, 1.165) is 48.9 Å². The zero-order valence-corrected chi connectivity index (χ0v) is 21.4. The van der Waals surface area contributed by atoms with Crippen molar-refractivity contribution in [3.63, 3.8) is 0 Å². The van der Waals surface area contributed by atoms with Crippen LogP contribution in [-0.2, 0) is 36.2 Å². The Bertz CT molecular complexity index is 1400. The number of halogens is 1. The summed E-state index contributed by atoms with van der Waals surface area (Å²) in [5, 5.41) is 4.92. The van der Waals surface area contributed by atoms with E-state index in [1.807, 2.05) is 35.0 Å². The molecule has 11 heteroatoms. The minimum atomic E-state index is -2.30. The molecule has 3 aromatic rings. The van der Waals surface area contributed by atoms with Gasteiger partial charge >= 0.3 is 0 Å². The van der Waals surface area contributed by atoms with Crippen molar-refractivity contribution in [3.05, 3.63) is 45.9 Å². The number of methoxy groups -OCH3 is 1. The number of piperazine rings is 1. The fourth-order valence-electron chi connectivity index (χ4n) is 4.73. The van der Waals surface area contributed by atoms with Crippen LogP contribution in [0, 0.1) is 0 Å². The number of aromatic nitrogens is 2. The van der Waals surface area contributed by atoms with Crippen LogP contribution in [0.25, 0.3) is 11.1 Å². The highest BCUT2D eigenvalue weighted by Crippen LogP contribution is 2.35. The first-order chi connectivity index (χ1) is 16.9. The van der Waals surface area contributed by atoms with Gasteiger partial charge in [-0.3, -0.25) is 9.80 Å². The number of furan rings is 1. The molecule has 186 valence electrons. The number of rotatable bonds is 6. The van der Waals surface area contributed by atoms with E-state index in [1.54, 1.807) is 7.11 Å². The van der Waals surface area contributed by atoms with Crippen LogP contribution in [0.2, 0.25) is 5.02 Å². The Labute approximate surface area is 210 Å². The second kappa shape index (κ2) is 10.1. The second-order valence-corrected chi connectivity index (χ2v) is 10.3. The molecular formula is C24H28ClN5O4S. The smallest absolute Gasteiger partial charge is 0.232 e. The summed E-state index contributed by atoms with van der Waals surface area (Å²) < 4.78 is 35.1. The van der Waals surface area contributed by atoms with Gasteiger partial charge in [-0.1, -0.05) is 17.7 Å². The monoisotopic (exact) mass is 517 g/mol. The molecule has 2 aliphatic rings. The molecule has 1 saturated heterocycles. The largest absolute Gasteiger partial charge is 0.495 e. The van der Waals surface area contributed by atoms with Gasteiger partial charge in [-0.05, 0) is 44.0 Å². The number of benzene rings is 1. The molecule has 1 aliphatic heterocycles. The van der Waals surface area contributed by atoms with E-state index in [4.69, 9.17) is 30.7 Å². The van der Waals surface area contributed by atoms with E-state index in [1.165, 1.54) is 5.56 Å². The topological polar surface area (TPSA) is 101 Å². The lowest BCUT2D eigenvalue weighted by Gasteiger charge is -2.31. The Morgan fingerprint density at radius 2 is 2.03 bits per heavy atom. The Morgan fingerprint density at radius 1 is 1.20 bits per heavy atom. The van der Waals surface area contributed by atoms with Crippen molar-refractivity contribution in [2.24, 2.45) is 0 Å².